The van der Waals surface area contributed by atoms with Crippen LogP contribution in [-0.2, 0) is 11.3 Å². The monoisotopic (exact) mass is 338 g/mol. The number of amides is 1. The van der Waals surface area contributed by atoms with E-state index in [-0.39, 0.29) is 11.8 Å². The molecule has 0 spiro atoms. The van der Waals surface area contributed by atoms with Crippen molar-refractivity contribution in [3.05, 3.63) is 59.7 Å². The summed E-state index contributed by atoms with van der Waals surface area (Å²) in [6.07, 6.45) is 1.99. The number of hydrogen-bond donors (Lipinski definition) is 1. The maximum Gasteiger partial charge on any atom is 0.228 e. The van der Waals surface area contributed by atoms with Gasteiger partial charge in [-0.15, -0.1) is 0 Å². The zero-order valence-electron chi connectivity index (χ0n) is 15.0. The zero-order valence-corrected chi connectivity index (χ0v) is 15.0. The molecule has 25 heavy (non-hydrogen) atoms. The molecule has 2 aromatic rings. The molecule has 0 radical (unpaired) electrons. The molecule has 1 N–H and O–H groups in total. The molecule has 1 heterocycles. The Labute approximate surface area is 149 Å². The predicted molar refractivity (Wildman–Crippen MR) is 101 cm³/mol. The van der Waals surface area contributed by atoms with Crippen LogP contribution in [0.25, 0.3) is 0 Å². The second-order valence-electron chi connectivity index (χ2n) is 6.75. The van der Waals surface area contributed by atoms with Crippen LogP contribution in [0, 0.1) is 12.8 Å². The summed E-state index contributed by atoms with van der Waals surface area (Å²) in [5.41, 5.74) is 3.15. The third kappa shape index (κ3) is 4.60. The molecule has 4 heteroatoms. The molecule has 132 valence electrons. The number of methoxy groups -OCH3 is 1. The highest BCUT2D eigenvalue weighted by Gasteiger charge is 2.26. The van der Waals surface area contributed by atoms with Gasteiger partial charge < -0.3 is 10.1 Å². The lowest BCUT2D eigenvalue weighted by molar-refractivity contribution is -0.121. The lowest BCUT2D eigenvalue weighted by atomic mass is 9.96. The summed E-state index contributed by atoms with van der Waals surface area (Å²) in [4.78, 5) is 15.1. The van der Waals surface area contributed by atoms with E-state index in [0.717, 1.165) is 43.7 Å². The fourth-order valence-electron chi connectivity index (χ4n) is 3.41. The molecule has 0 saturated carbocycles. The lowest BCUT2D eigenvalue weighted by Gasteiger charge is -2.32. The van der Waals surface area contributed by atoms with Gasteiger partial charge in [-0.25, -0.2) is 0 Å². The number of piperidine rings is 1. The number of aryl methyl sites for hydroxylation is 1. The summed E-state index contributed by atoms with van der Waals surface area (Å²) in [6.45, 7) is 4.76. The standard InChI is InChI=1S/C21H26N2O2/c1-16-10-11-20(25-2)19(13-16)22-21(24)18-9-6-12-23(15-18)14-17-7-4-3-5-8-17/h3-5,7-8,10-11,13,18H,6,9,12,14-15H2,1-2H3,(H,22,24)/t18-/m0/s1. The van der Waals surface area contributed by atoms with Crippen LogP contribution >= 0.6 is 0 Å². The molecule has 1 aliphatic rings. The number of likely N-dealkylation sites (tertiary alicyclic amines) is 1. The van der Waals surface area contributed by atoms with E-state index in [4.69, 9.17) is 4.74 Å². The summed E-state index contributed by atoms with van der Waals surface area (Å²) in [5.74, 6) is 0.806. The molecule has 1 atom stereocenters. The predicted octanol–water partition coefficient (Wildman–Crippen LogP) is 3.85. The van der Waals surface area contributed by atoms with Crippen molar-refractivity contribution < 1.29 is 9.53 Å². The summed E-state index contributed by atoms with van der Waals surface area (Å²) in [5, 5.41) is 3.07. The van der Waals surface area contributed by atoms with Gasteiger partial charge in [0.25, 0.3) is 0 Å². The van der Waals surface area contributed by atoms with Crippen LogP contribution in [0.1, 0.15) is 24.0 Å². The van der Waals surface area contributed by atoms with Crippen LogP contribution in [0.4, 0.5) is 5.69 Å². The number of carbonyl (C=O) groups excluding carboxylic acids is 1. The molecular formula is C21H26N2O2. The van der Waals surface area contributed by atoms with Gasteiger partial charge in [-0.2, -0.15) is 0 Å². The normalized spacial score (nSPS) is 17.9. The second kappa shape index (κ2) is 8.17. The quantitative estimate of drug-likeness (QED) is 0.900. The van der Waals surface area contributed by atoms with Gasteiger partial charge in [0.05, 0.1) is 18.7 Å². The minimum Gasteiger partial charge on any atom is -0.495 e. The molecule has 1 aliphatic heterocycles. The van der Waals surface area contributed by atoms with Gasteiger partial charge >= 0.3 is 0 Å². The van der Waals surface area contributed by atoms with E-state index >= 15 is 0 Å². The smallest absolute Gasteiger partial charge is 0.228 e. The van der Waals surface area contributed by atoms with Gasteiger partial charge in [0.15, 0.2) is 0 Å². The molecule has 2 aromatic carbocycles. The highest BCUT2D eigenvalue weighted by atomic mass is 16.5. The first kappa shape index (κ1) is 17.5. The van der Waals surface area contributed by atoms with Crippen LogP contribution < -0.4 is 10.1 Å². The van der Waals surface area contributed by atoms with Crippen LogP contribution in [0.15, 0.2) is 48.5 Å². The summed E-state index contributed by atoms with van der Waals surface area (Å²) in [7, 11) is 1.63. The minimum absolute atomic E-state index is 0.0164. The Balaban J connectivity index is 1.63. The summed E-state index contributed by atoms with van der Waals surface area (Å²) in [6, 6.07) is 16.3. The Morgan fingerprint density at radius 1 is 1.24 bits per heavy atom. The molecule has 4 nitrogen and oxygen atoms in total. The Morgan fingerprint density at radius 3 is 2.80 bits per heavy atom. The number of rotatable bonds is 5. The Hall–Kier alpha value is -2.33. The molecule has 0 aromatic heterocycles. The van der Waals surface area contributed by atoms with Crippen LogP contribution in [0.2, 0.25) is 0 Å². The molecule has 0 aliphatic carbocycles. The SMILES string of the molecule is COc1ccc(C)cc1NC(=O)[C@H]1CCCN(Cc2ccccc2)C1. The van der Waals surface area contributed by atoms with Gasteiger partial charge in [-0.05, 0) is 49.6 Å². The maximum absolute atomic E-state index is 12.8. The van der Waals surface area contributed by atoms with Crippen LogP contribution in [0.5, 0.6) is 5.75 Å². The average Bonchev–Trinajstić information content (AvgIpc) is 2.63. The van der Waals surface area contributed by atoms with Crippen molar-refractivity contribution in [1.82, 2.24) is 4.90 Å². The van der Waals surface area contributed by atoms with E-state index in [1.807, 2.05) is 31.2 Å². The van der Waals surface area contributed by atoms with E-state index in [1.165, 1.54) is 5.56 Å². The van der Waals surface area contributed by atoms with E-state index in [1.54, 1.807) is 7.11 Å². The highest BCUT2D eigenvalue weighted by molar-refractivity contribution is 5.94. The largest absolute Gasteiger partial charge is 0.495 e. The first-order chi connectivity index (χ1) is 12.2. The molecular weight excluding hydrogens is 312 g/mol. The van der Waals surface area contributed by atoms with Crippen LogP contribution in [0.3, 0.4) is 0 Å². The number of carbonyl (C=O) groups is 1. The molecule has 3 rings (SSSR count). The van der Waals surface area contributed by atoms with Crippen molar-refractivity contribution in [2.45, 2.75) is 26.3 Å². The van der Waals surface area contributed by atoms with E-state index in [9.17, 15) is 4.79 Å². The fourth-order valence-corrected chi connectivity index (χ4v) is 3.41. The number of benzene rings is 2. The van der Waals surface area contributed by atoms with Crippen molar-refractivity contribution in [3.8, 4) is 5.75 Å². The van der Waals surface area contributed by atoms with Crippen molar-refractivity contribution in [1.29, 1.82) is 0 Å². The average molecular weight is 338 g/mol. The van der Waals surface area contributed by atoms with E-state index < -0.39 is 0 Å². The van der Waals surface area contributed by atoms with E-state index in [2.05, 4.69) is 34.5 Å². The van der Waals surface area contributed by atoms with Gasteiger partial charge in [-0.3, -0.25) is 9.69 Å². The van der Waals surface area contributed by atoms with E-state index in [0.29, 0.717) is 5.75 Å². The van der Waals surface area contributed by atoms with Crippen molar-refractivity contribution in [3.63, 3.8) is 0 Å². The van der Waals surface area contributed by atoms with Crippen molar-refractivity contribution in [2.75, 3.05) is 25.5 Å². The number of nitrogens with one attached hydrogen (secondary N) is 1. The van der Waals surface area contributed by atoms with Crippen molar-refractivity contribution >= 4 is 11.6 Å². The molecule has 1 saturated heterocycles. The summed E-state index contributed by atoms with van der Waals surface area (Å²) < 4.78 is 5.36. The van der Waals surface area contributed by atoms with Gasteiger partial charge in [-0.1, -0.05) is 36.4 Å². The number of anilines is 1. The molecule has 1 fully saturated rings. The maximum atomic E-state index is 12.8. The second-order valence-corrected chi connectivity index (χ2v) is 6.75. The number of ether oxygens (including phenoxy) is 1. The third-order valence-electron chi connectivity index (χ3n) is 4.74. The Morgan fingerprint density at radius 2 is 2.04 bits per heavy atom. The lowest BCUT2D eigenvalue weighted by Crippen LogP contribution is -2.40. The fraction of sp³-hybridized carbons (Fsp3) is 0.381. The number of nitrogens with zero attached hydrogens (tertiary/aromatic N) is 1. The van der Waals surface area contributed by atoms with Gasteiger partial charge in [0.1, 0.15) is 5.75 Å². The van der Waals surface area contributed by atoms with Crippen molar-refractivity contribution in [2.24, 2.45) is 5.92 Å². The first-order valence-electron chi connectivity index (χ1n) is 8.87. The third-order valence-corrected chi connectivity index (χ3v) is 4.74. The molecule has 0 bridgehead atoms. The zero-order chi connectivity index (χ0) is 17.6. The van der Waals surface area contributed by atoms with Gasteiger partial charge in [0, 0.05) is 13.1 Å². The van der Waals surface area contributed by atoms with Gasteiger partial charge in [0.2, 0.25) is 5.91 Å². The molecule has 0 unspecified atom stereocenters. The minimum atomic E-state index is 0.0164. The van der Waals surface area contributed by atoms with Crippen LogP contribution in [-0.4, -0.2) is 31.0 Å². The molecule has 1 amide bonds. The first-order valence-corrected chi connectivity index (χ1v) is 8.87. The Bertz CT molecular complexity index is 715. The number of hydrogen-bond acceptors (Lipinski definition) is 3. The topological polar surface area (TPSA) is 41.6 Å². The highest BCUT2D eigenvalue weighted by Crippen LogP contribution is 2.27. The Kier molecular flexibility index (Phi) is 5.71. The summed E-state index contributed by atoms with van der Waals surface area (Å²) >= 11 is 0.